The maximum absolute atomic E-state index is 11.2. The number of furan rings is 1. The molecular formula is C15H16O5. The third-order valence-corrected chi connectivity index (χ3v) is 3.54. The van der Waals surface area contributed by atoms with Gasteiger partial charge in [0.1, 0.15) is 11.7 Å². The van der Waals surface area contributed by atoms with Crippen LogP contribution in [0.15, 0.2) is 22.6 Å². The van der Waals surface area contributed by atoms with Crippen molar-refractivity contribution in [3.8, 4) is 0 Å². The third-order valence-electron chi connectivity index (χ3n) is 3.54. The van der Waals surface area contributed by atoms with E-state index in [0.29, 0.717) is 17.8 Å². The van der Waals surface area contributed by atoms with Gasteiger partial charge in [0, 0.05) is 10.9 Å². The molecule has 5 heteroatoms. The van der Waals surface area contributed by atoms with E-state index in [1.165, 1.54) is 0 Å². The van der Waals surface area contributed by atoms with E-state index in [1.54, 1.807) is 13.0 Å². The second-order valence-electron chi connectivity index (χ2n) is 5.40. The highest BCUT2D eigenvalue weighted by Gasteiger charge is 2.35. The molecule has 0 saturated carbocycles. The number of aromatic carboxylic acids is 1. The molecule has 0 aliphatic carbocycles. The minimum absolute atomic E-state index is 0.0226. The smallest absolute Gasteiger partial charge is 0.372 e. The van der Waals surface area contributed by atoms with Gasteiger partial charge < -0.3 is 19.0 Å². The van der Waals surface area contributed by atoms with Crippen LogP contribution in [0.1, 0.15) is 41.6 Å². The maximum atomic E-state index is 11.2. The number of aryl methyl sites for hydroxylation is 1. The lowest BCUT2D eigenvalue weighted by Crippen LogP contribution is -2.19. The molecule has 1 saturated heterocycles. The molecule has 0 radical (unpaired) electrons. The summed E-state index contributed by atoms with van der Waals surface area (Å²) in [5.41, 5.74) is 2.09. The first-order valence-electron chi connectivity index (χ1n) is 6.46. The molecule has 2 heterocycles. The highest BCUT2D eigenvalue weighted by atomic mass is 16.7. The molecule has 0 bridgehead atoms. The summed E-state index contributed by atoms with van der Waals surface area (Å²) in [5, 5.41) is 9.96. The molecular weight excluding hydrogens is 260 g/mol. The highest BCUT2D eigenvalue weighted by Crippen LogP contribution is 2.38. The first-order chi connectivity index (χ1) is 9.39. The van der Waals surface area contributed by atoms with E-state index in [-0.39, 0.29) is 11.9 Å². The van der Waals surface area contributed by atoms with Crippen molar-refractivity contribution in [3.63, 3.8) is 0 Å². The molecule has 1 aliphatic rings. The number of carboxylic acid groups (broad SMARTS) is 1. The average Bonchev–Trinajstić information content (AvgIpc) is 2.90. The van der Waals surface area contributed by atoms with Crippen LogP contribution in [0.4, 0.5) is 0 Å². The van der Waals surface area contributed by atoms with E-state index in [4.69, 9.17) is 19.0 Å². The summed E-state index contributed by atoms with van der Waals surface area (Å²) in [6.45, 7) is 5.91. The van der Waals surface area contributed by atoms with Crippen LogP contribution in [0.3, 0.4) is 0 Å². The number of rotatable bonds is 2. The predicted molar refractivity (Wildman–Crippen MR) is 71.8 cm³/mol. The quantitative estimate of drug-likeness (QED) is 0.911. The number of benzene rings is 1. The standard InChI is InChI=1S/C15H16O5/c1-8-12-9(11-7-18-15(2,3)20-11)5-4-6-10(12)19-13(8)14(16)17/h4-6,11H,7H2,1-3H3,(H,16,17). The predicted octanol–water partition coefficient (Wildman–Crippen LogP) is 3.26. The van der Waals surface area contributed by atoms with E-state index in [2.05, 4.69) is 0 Å². The maximum Gasteiger partial charge on any atom is 0.372 e. The van der Waals surface area contributed by atoms with Gasteiger partial charge in [0.15, 0.2) is 5.79 Å². The lowest BCUT2D eigenvalue weighted by atomic mass is 10.0. The Morgan fingerprint density at radius 1 is 1.40 bits per heavy atom. The Balaban J connectivity index is 2.15. The Morgan fingerprint density at radius 2 is 2.15 bits per heavy atom. The molecule has 106 valence electrons. The monoisotopic (exact) mass is 276 g/mol. The molecule has 3 rings (SSSR count). The molecule has 0 amide bonds. The summed E-state index contributed by atoms with van der Waals surface area (Å²) < 4.78 is 16.9. The minimum atomic E-state index is -1.06. The summed E-state index contributed by atoms with van der Waals surface area (Å²) in [7, 11) is 0. The normalized spacial score (nSPS) is 21.4. The second-order valence-corrected chi connectivity index (χ2v) is 5.40. The van der Waals surface area contributed by atoms with Crippen molar-refractivity contribution in [2.75, 3.05) is 6.61 Å². The third kappa shape index (κ3) is 1.99. The number of hydrogen-bond acceptors (Lipinski definition) is 4. The van der Waals surface area contributed by atoms with Gasteiger partial charge in [0.2, 0.25) is 5.76 Å². The van der Waals surface area contributed by atoms with Gasteiger partial charge in [-0.1, -0.05) is 12.1 Å². The Hall–Kier alpha value is -1.85. The SMILES string of the molecule is Cc1c(C(=O)O)oc2cccc(C3COC(C)(C)O3)c12. The minimum Gasteiger partial charge on any atom is -0.475 e. The van der Waals surface area contributed by atoms with Crippen LogP contribution in [-0.2, 0) is 9.47 Å². The molecule has 1 N–H and O–H groups in total. The number of hydrogen-bond donors (Lipinski definition) is 1. The molecule has 1 aromatic carbocycles. The lowest BCUT2D eigenvalue weighted by Gasteiger charge is -2.17. The largest absolute Gasteiger partial charge is 0.475 e. The number of carbonyl (C=O) groups is 1. The Labute approximate surface area is 116 Å². The zero-order valence-corrected chi connectivity index (χ0v) is 11.6. The molecule has 1 atom stereocenters. The van der Waals surface area contributed by atoms with Crippen molar-refractivity contribution < 1.29 is 23.8 Å². The van der Waals surface area contributed by atoms with Gasteiger partial charge in [0.25, 0.3) is 0 Å². The van der Waals surface area contributed by atoms with E-state index in [1.807, 2.05) is 26.0 Å². The Kier molecular flexibility index (Phi) is 2.84. The molecule has 2 aromatic rings. The van der Waals surface area contributed by atoms with Crippen LogP contribution in [0.25, 0.3) is 11.0 Å². The summed E-state index contributed by atoms with van der Waals surface area (Å²) in [4.78, 5) is 11.2. The van der Waals surface area contributed by atoms with Crippen LogP contribution in [0.5, 0.6) is 0 Å². The average molecular weight is 276 g/mol. The second kappa shape index (κ2) is 4.33. The first kappa shape index (κ1) is 13.1. The van der Waals surface area contributed by atoms with Crippen LogP contribution in [0.2, 0.25) is 0 Å². The summed E-state index contributed by atoms with van der Waals surface area (Å²) in [6.07, 6.45) is -0.216. The zero-order valence-electron chi connectivity index (χ0n) is 11.6. The number of carboxylic acids is 1. The molecule has 1 fully saturated rings. The summed E-state index contributed by atoms with van der Waals surface area (Å²) in [6, 6.07) is 5.52. The van der Waals surface area contributed by atoms with E-state index < -0.39 is 11.8 Å². The summed E-state index contributed by atoms with van der Waals surface area (Å²) in [5.74, 6) is -1.71. The fourth-order valence-corrected chi connectivity index (χ4v) is 2.65. The molecule has 1 aliphatic heterocycles. The van der Waals surface area contributed by atoms with Crippen molar-refractivity contribution in [3.05, 3.63) is 35.1 Å². The molecule has 5 nitrogen and oxygen atoms in total. The van der Waals surface area contributed by atoms with E-state index in [0.717, 1.165) is 10.9 Å². The van der Waals surface area contributed by atoms with Gasteiger partial charge in [0.05, 0.1) is 6.61 Å². The van der Waals surface area contributed by atoms with Crippen LogP contribution < -0.4 is 0 Å². The Bertz CT molecular complexity index is 683. The fourth-order valence-electron chi connectivity index (χ4n) is 2.65. The van der Waals surface area contributed by atoms with Crippen LogP contribution >= 0.6 is 0 Å². The van der Waals surface area contributed by atoms with E-state index in [9.17, 15) is 4.79 Å². The topological polar surface area (TPSA) is 68.9 Å². The number of fused-ring (bicyclic) bond motifs is 1. The molecule has 1 unspecified atom stereocenters. The van der Waals surface area contributed by atoms with Crippen molar-refractivity contribution in [2.24, 2.45) is 0 Å². The van der Waals surface area contributed by atoms with Crippen molar-refractivity contribution in [2.45, 2.75) is 32.7 Å². The molecule has 1 aromatic heterocycles. The van der Waals surface area contributed by atoms with Crippen LogP contribution in [-0.4, -0.2) is 23.5 Å². The first-order valence-corrected chi connectivity index (χ1v) is 6.46. The molecule has 20 heavy (non-hydrogen) atoms. The van der Waals surface area contributed by atoms with Crippen molar-refractivity contribution in [1.29, 1.82) is 0 Å². The fraction of sp³-hybridized carbons (Fsp3) is 0.400. The van der Waals surface area contributed by atoms with E-state index >= 15 is 0 Å². The zero-order chi connectivity index (χ0) is 14.5. The summed E-state index contributed by atoms with van der Waals surface area (Å²) >= 11 is 0. The van der Waals surface area contributed by atoms with Crippen LogP contribution in [0, 0.1) is 6.92 Å². The van der Waals surface area contributed by atoms with Gasteiger partial charge in [-0.3, -0.25) is 0 Å². The molecule has 0 spiro atoms. The van der Waals surface area contributed by atoms with Gasteiger partial charge in [-0.25, -0.2) is 4.79 Å². The van der Waals surface area contributed by atoms with Crippen molar-refractivity contribution in [1.82, 2.24) is 0 Å². The van der Waals surface area contributed by atoms with Gasteiger partial charge in [-0.05, 0) is 32.4 Å². The lowest BCUT2D eigenvalue weighted by molar-refractivity contribution is -0.138. The highest BCUT2D eigenvalue weighted by molar-refractivity contribution is 5.96. The van der Waals surface area contributed by atoms with Gasteiger partial charge >= 0.3 is 5.97 Å². The van der Waals surface area contributed by atoms with Gasteiger partial charge in [-0.15, -0.1) is 0 Å². The van der Waals surface area contributed by atoms with Crippen molar-refractivity contribution >= 4 is 16.9 Å². The number of ether oxygens (including phenoxy) is 2. The Morgan fingerprint density at radius 3 is 2.75 bits per heavy atom. The van der Waals surface area contributed by atoms with Gasteiger partial charge in [-0.2, -0.15) is 0 Å².